The van der Waals surface area contributed by atoms with Crippen LogP contribution < -0.4 is 24.0 Å². The zero-order valence-corrected chi connectivity index (χ0v) is 19.3. The van der Waals surface area contributed by atoms with Gasteiger partial charge in [0.2, 0.25) is 11.8 Å². The van der Waals surface area contributed by atoms with Crippen LogP contribution in [0, 0.1) is 0 Å². The second-order valence-electron chi connectivity index (χ2n) is 7.66. The van der Waals surface area contributed by atoms with Gasteiger partial charge in [-0.15, -0.1) is 0 Å². The molecule has 0 atom stereocenters. The summed E-state index contributed by atoms with van der Waals surface area (Å²) in [6, 6.07) is 19.4. The van der Waals surface area contributed by atoms with Crippen LogP contribution in [0.4, 0.5) is 11.4 Å². The van der Waals surface area contributed by atoms with Crippen LogP contribution in [0.2, 0.25) is 0 Å². The lowest BCUT2D eigenvalue weighted by Gasteiger charge is -2.26. The summed E-state index contributed by atoms with van der Waals surface area (Å²) >= 11 is 0. The van der Waals surface area contributed by atoms with E-state index >= 15 is 0 Å². The molecule has 0 aliphatic carbocycles. The normalized spacial score (nSPS) is 14.1. The molecule has 0 bridgehead atoms. The van der Waals surface area contributed by atoms with E-state index in [1.807, 2.05) is 72.5 Å². The molecule has 4 rings (SSSR count). The van der Waals surface area contributed by atoms with Crippen molar-refractivity contribution in [3.05, 3.63) is 60.7 Å². The highest BCUT2D eigenvalue weighted by atomic mass is 16.5. The van der Waals surface area contributed by atoms with Crippen LogP contribution in [0.1, 0.15) is 13.3 Å². The summed E-state index contributed by atoms with van der Waals surface area (Å²) in [6.07, 6.45) is 0.417. The molecular formula is C26H29N3O4. The number of carbonyl (C=O) groups is 1. The number of hydrogen-bond acceptors (Lipinski definition) is 6. The molecule has 2 heterocycles. The molecule has 1 amide bonds. The van der Waals surface area contributed by atoms with Gasteiger partial charge in [-0.05, 0) is 61.5 Å². The number of hydrogen-bond donors (Lipinski definition) is 0. The summed E-state index contributed by atoms with van der Waals surface area (Å²) in [7, 11) is 3.25. The second kappa shape index (κ2) is 10.3. The number of aromatic nitrogens is 1. The van der Waals surface area contributed by atoms with E-state index in [1.165, 1.54) is 0 Å². The standard InChI is InChI=1S/C26H29N3O4/c1-4-33-22-9-5-19(6-10-22)26-23(13-14-24(27-26)32-3)28-16-15-25(30)29(18-17-28)20-7-11-21(31-2)12-8-20/h5-14H,4,15-18H2,1-3H3. The highest BCUT2D eigenvalue weighted by Gasteiger charge is 2.24. The second-order valence-corrected chi connectivity index (χ2v) is 7.66. The zero-order chi connectivity index (χ0) is 23.2. The van der Waals surface area contributed by atoms with Crippen molar-refractivity contribution in [2.75, 3.05) is 50.3 Å². The van der Waals surface area contributed by atoms with Gasteiger partial charge in [-0.2, -0.15) is 0 Å². The molecule has 1 aromatic heterocycles. The molecule has 1 aliphatic rings. The molecule has 0 radical (unpaired) electrons. The average Bonchev–Trinajstić information content (AvgIpc) is 3.06. The van der Waals surface area contributed by atoms with Crippen molar-refractivity contribution in [3.8, 4) is 28.6 Å². The van der Waals surface area contributed by atoms with Crippen LogP contribution in [0.3, 0.4) is 0 Å². The molecule has 33 heavy (non-hydrogen) atoms. The lowest BCUT2D eigenvalue weighted by Crippen LogP contribution is -2.33. The molecule has 0 saturated carbocycles. The van der Waals surface area contributed by atoms with Crippen LogP contribution in [0.5, 0.6) is 17.4 Å². The van der Waals surface area contributed by atoms with Crippen molar-refractivity contribution in [3.63, 3.8) is 0 Å². The van der Waals surface area contributed by atoms with Gasteiger partial charge in [-0.25, -0.2) is 4.98 Å². The first-order chi connectivity index (χ1) is 16.1. The Balaban J connectivity index is 1.61. The molecule has 7 nitrogen and oxygen atoms in total. The Labute approximate surface area is 194 Å². The number of ether oxygens (including phenoxy) is 3. The molecule has 0 spiro atoms. The third-order valence-electron chi connectivity index (χ3n) is 5.71. The van der Waals surface area contributed by atoms with Crippen LogP contribution >= 0.6 is 0 Å². The molecule has 0 unspecified atom stereocenters. The minimum atomic E-state index is 0.103. The van der Waals surface area contributed by atoms with Crippen molar-refractivity contribution in [1.29, 1.82) is 0 Å². The van der Waals surface area contributed by atoms with E-state index in [-0.39, 0.29) is 5.91 Å². The van der Waals surface area contributed by atoms with E-state index in [9.17, 15) is 4.79 Å². The maximum absolute atomic E-state index is 12.9. The van der Waals surface area contributed by atoms with Crippen molar-refractivity contribution < 1.29 is 19.0 Å². The Morgan fingerprint density at radius 1 is 0.848 bits per heavy atom. The molecular weight excluding hydrogens is 418 g/mol. The SMILES string of the molecule is CCOc1ccc(-c2nc(OC)ccc2N2CCC(=O)N(c3ccc(OC)cc3)CC2)cc1. The van der Waals surface area contributed by atoms with Crippen molar-refractivity contribution in [2.45, 2.75) is 13.3 Å². The van der Waals surface area contributed by atoms with E-state index in [1.54, 1.807) is 14.2 Å². The van der Waals surface area contributed by atoms with Gasteiger partial charge in [0.25, 0.3) is 0 Å². The molecule has 2 aromatic carbocycles. The predicted octanol–water partition coefficient (Wildman–Crippen LogP) is 4.41. The third kappa shape index (κ3) is 5.03. The number of benzene rings is 2. The van der Waals surface area contributed by atoms with Gasteiger partial charge in [0, 0.05) is 43.4 Å². The van der Waals surface area contributed by atoms with E-state index in [4.69, 9.17) is 19.2 Å². The molecule has 1 fully saturated rings. The minimum absolute atomic E-state index is 0.103. The minimum Gasteiger partial charge on any atom is -0.497 e. The van der Waals surface area contributed by atoms with Gasteiger partial charge < -0.3 is 24.0 Å². The zero-order valence-electron chi connectivity index (χ0n) is 19.3. The molecule has 1 saturated heterocycles. The Hall–Kier alpha value is -3.74. The molecule has 172 valence electrons. The summed E-state index contributed by atoms with van der Waals surface area (Å²) < 4.78 is 16.2. The number of carbonyl (C=O) groups excluding carboxylic acids is 1. The van der Waals surface area contributed by atoms with Gasteiger partial charge in [0.15, 0.2) is 0 Å². The fourth-order valence-corrected chi connectivity index (χ4v) is 3.99. The average molecular weight is 448 g/mol. The van der Waals surface area contributed by atoms with Crippen LogP contribution in [-0.4, -0.2) is 51.4 Å². The third-order valence-corrected chi connectivity index (χ3v) is 5.71. The lowest BCUT2D eigenvalue weighted by atomic mass is 10.1. The van der Waals surface area contributed by atoms with Gasteiger partial charge in [0.05, 0.1) is 32.2 Å². The number of anilines is 2. The number of amides is 1. The van der Waals surface area contributed by atoms with E-state index in [0.29, 0.717) is 38.5 Å². The summed E-state index contributed by atoms with van der Waals surface area (Å²) in [6.45, 7) is 4.47. The Bertz CT molecular complexity index is 1080. The van der Waals surface area contributed by atoms with Crippen molar-refractivity contribution in [1.82, 2.24) is 4.98 Å². The Morgan fingerprint density at radius 2 is 1.58 bits per heavy atom. The number of pyridine rings is 1. The predicted molar refractivity (Wildman–Crippen MR) is 130 cm³/mol. The topological polar surface area (TPSA) is 64.1 Å². The maximum atomic E-state index is 12.9. The van der Waals surface area contributed by atoms with Gasteiger partial charge in [-0.1, -0.05) is 0 Å². The van der Waals surface area contributed by atoms with Gasteiger partial charge in [0.1, 0.15) is 11.5 Å². The number of nitrogens with zero attached hydrogens (tertiary/aromatic N) is 3. The van der Waals surface area contributed by atoms with E-state index < -0.39 is 0 Å². The fourth-order valence-electron chi connectivity index (χ4n) is 3.99. The van der Waals surface area contributed by atoms with Gasteiger partial charge in [-0.3, -0.25) is 4.79 Å². The van der Waals surface area contributed by atoms with Crippen LogP contribution in [0.25, 0.3) is 11.3 Å². The molecule has 0 N–H and O–H groups in total. The number of rotatable bonds is 7. The highest BCUT2D eigenvalue weighted by Crippen LogP contribution is 2.33. The first-order valence-corrected chi connectivity index (χ1v) is 11.1. The molecule has 1 aliphatic heterocycles. The summed E-state index contributed by atoms with van der Waals surface area (Å²) in [5, 5.41) is 0. The largest absolute Gasteiger partial charge is 0.497 e. The fraction of sp³-hybridized carbons (Fsp3) is 0.308. The Morgan fingerprint density at radius 3 is 2.24 bits per heavy atom. The van der Waals surface area contributed by atoms with Crippen molar-refractivity contribution >= 4 is 17.3 Å². The summed E-state index contributed by atoms with van der Waals surface area (Å²) in [4.78, 5) is 21.7. The number of methoxy groups -OCH3 is 2. The maximum Gasteiger partial charge on any atom is 0.228 e. The highest BCUT2D eigenvalue weighted by molar-refractivity contribution is 5.94. The quantitative estimate of drug-likeness (QED) is 0.535. The first kappa shape index (κ1) is 22.5. The van der Waals surface area contributed by atoms with Gasteiger partial charge >= 0.3 is 0 Å². The Kier molecular flexibility index (Phi) is 6.98. The smallest absolute Gasteiger partial charge is 0.228 e. The summed E-state index contributed by atoms with van der Waals surface area (Å²) in [5.74, 6) is 2.24. The summed E-state index contributed by atoms with van der Waals surface area (Å²) in [5.41, 5.74) is 3.64. The van der Waals surface area contributed by atoms with E-state index in [2.05, 4.69) is 4.90 Å². The van der Waals surface area contributed by atoms with Crippen LogP contribution in [-0.2, 0) is 4.79 Å². The monoisotopic (exact) mass is 447 g/mol. The van der Waals surface area contributed by atoms with Crippen LogP contribution in [0.15, 0.2) is 60.7 Å². The van der Waals surface area contributed by atoms with E-state index in [0.717, 1.165) is 34.1 Å². The van der Waals surface area contributed by atoms with Crippen molar-refractivity contribution in [2.24, 2.45) is 0 Å². The molecule has 7 heteroatoms. The first-order valence-electron chi connectivity index (χ1n) is 11.1. The molecule has 3 aromatic rings. The lowest BCUT2D eigenvalue weighted by molar-refractivity contribution is -0.118.